The van der Waals surface area contributed by atoms with Gasteiger partial charge in [-0.2, -0.15) is 0 Å². The van der Waals surface area contributed by atoms with Crippen LogP contribution in [0, 0.1) is 0 Å². The fourth-order valence-corrected chi connectivity index (χ4v) is 4.35. The summed E-state index contributed by atoms with van der Waals surface area (Å²) in [5.41, 5.74) is 6.98. The highest BCUT2D eigenvalue weighted by Crippen LogP contribution is 2.31. The van der Waals surface area contributed by atoms with Crippen LogP contribution in [-0.4, -0.2) is 41.2 Å². The maximum Gasteiger partial charge on any atom is 0.0886 e. The zero-order valence-corrected chi connectivity index (χ0v) is 18.1. The molecular formula is C26H33N3O. The molecule has 0 aliphatic carbocycles. The number of likely N-dealkylation sites (tertiary alicyclic amines) is 1. The lowest BCUT2D eigenvalue weighted by atomic mass is 9.89. The topological polar surface area (TPSA) is 41.1 Å². The number of nitrogens with one attached hydrogen (secondary N) is 1. The van der Waals surface area contributed by atoms with Crippen LogP contribution in [0.1, 0.15) is 55.3 Å². The molecule has 3 aromatic rings. The molecule has 4 nitrogen and oxygen atoms in total. The van der Waals surface area contributed by atoms with Gasteiger partial charge in [0.25, 0.3) is 0 Å². The third-order valence-corrected chi connectivity index (χ3v) is 6.09. The molecule has 0 amide bonds. The fraction of sp³-hybridized carbons (Fsp3) is 0.423. The van der Waals surface area contributed by atoms with Gasteiger partial charge in [-0.3, -0.25) is 4.98 Å². The van der Waals surface area contributed by atoms with E-state index in [0.717, 1.165) is 68.0 Å². The second-order valence-electron chi connectivity index (χ2n) is 8.29. The number of hydrogen-bond acceptors (Lipinski definition) is 3. The summed E-state index contributed by atoms with van der Waals surface area (Å²) in [5.74, 6) is 0.656. The Morgan fingerprint density at radius 3 is 2.73 bits per heavy atom. The Morgan fingerprint density at radius 2 is 1.97 bits per heavy atom. The number of H-pyrrole nitrogens is 1. The lowest BCUT2D eigenvalue weighted by Crippen LogP contribution is -2.31. The number of aromatic amines is 1. The van der Waals surface area contributed by atoms with Crippen LogP contribution in [0.2, 0.25) is 0 Å². The molecule has 30 heavy (non-hydrogen) atoms. The Labute approximate surface area is 180 Å². The molecule has 158 valence electrons. The monoisotopic (exact) mass is 403 g/mol. The SMILES string of the molecule is C=C(c1cc2ncc(CCCOCCC)cc2[nH]1)N1CCC(c2ccccc2)CC1. The molecule has 0 saturated carbocycles. The van der Waals surface area contributed by atoms with Crippen molar-refractivity contribution >= 4 is 16.7 Å². The first-order valence-corrected chi connectivity index (χ1v) is 11.3. The summed E-state index contributed by atoms with van der Waals surface area (Å²) >= 11 is 0. The average molecular weight is 404 g/mol. The average Bonchev–Trinajstić information content (AvgIpc) is 3.23. The van der Waals surface area contributed by atoms with Gasteiger partial charge in [-0.15, -0.1) is 0 Å². The van der Waals surface area contributed by atoms with Crippen molar-refractivity contribution in [2.24, 2.45) is 0 Å². The molecule has 0 unspecified atom stereocenters. The molecule has 1 aliphatic rings. The van der Waals surface area contributed by atoms with Gasteiger partial charge in [-0.25, -0.2) is 0 Å². The minimum absolute atomic E-state index is 0.656. The van der Waals surface area contributed by atoms with Crippen molar-refractivity contribution in [3.05, 3.63) is 72.1 Å². The molecule has 1 N–H and O–H groups in total. The van der Waals surface area contributed by atoms with Crippen molar-refractivity contribution in [2.75, 3.05) is 26.3 Å². The van der Waals surface area contributed by atoms with E-state index in [4.69, 9.17) is 4.74 Å². The number of aryl methyl sites for hydroxylation is 1. The molecular weight excluding hydrogens is 370 g/mol. The molecule has 0 radical (unpaired) electrons. The molecule has 1 aliphatic heterocycles. The zero-order chi connectivity index (χ0) is 20.8. The number of aromatic nitrogens is 2. The Bertz CT molecular complexity index is 955. The highest BCUT2D eigenvalue weighted by Gasteiger charge is 2.22. The molecule has 1 saturated heterocycles. The standard InChI is InChI=1S/C26H33N3O/c1-3-15-30-16-7-8-21-17-26-25(27-19-21)18-24(28-26)20(2)29-13-11-23(12-14-29)22-9-5-4-6-10-22/h4-6,9-10,17-19,23,28H,2-3,7-8,11-16H2,1H3. The van der Waals surface area contributed by atoms with Crippen LogP contribution in [0.3, 0.4) is 0 Å². The van der Waals surface area contributed by atoms with E-state index in [1.807, 2.05) is 6.20 Å². The molecule has 3 heterocycles. The van der Waals surface area contributed by atoms with Crippen molar-refractivity contribution in [1.29, 1.82) is 0 Å². The van der Waals surface area contributed by atoms with E-state index in [9.17, 15) is 0 Å². The number of pyridine rings is 1. The third-order valence-electron chi connectivity index (χ3n) is 6.09. The van der Waals surface area contributed by atoms with Crippen LogP contribution in [-0.2, 0) is 11.2 Å². The summed E-state index contributed by atoms with van der Waals surface area (Å²) in [6, 6.07) is 15.2. The Hall–Kier alpha value is -2.59. The van der Waals surface area contributed by atoms with Crippen molar-refractivity contribution in [3.63, 3.8) is 0 Å². The lowest BCUT2D eigenvalue weighted by molar-refractivity contribution is 0.132. The number of ether oxygens (including phenoxy) is 1. The van der Waals surface area contributed by atoms with Gasteiger partial charge in [-0.1, -0.05) is 43.8 Å². The van der Waals surface area contributed by atoms with Crippen molar-refractivity contribution < 1.29 is 4.74 Å². The van der Waals surface area contributed by atoms with Gasteiger partial charge in [0.2, 0.25) is 0 Å². The number of nitrogens with zero attached hydrogens (tertiary/aromatic N) is 2. The van der Waals surface area contributed by atoms with Crippen LogP contribution < -0.4 is 0 Å². The maximum atomic E-state index is 5.59. The first-order valence-electron chi connectivity index (χ1n) is 11.3. The summed E-state index contributed by atoms with van der Waals surface area (Å²) in [6.45, 7) is 10.3. The van der Waals surface area contributed by atoms with Crippen molar-refractivity contribution in [2.45, 2.75) is 44.9 Å². The predicted molar refractivity (Wildman–Crippen MR) is 125 cm³/mol. The van der Waals surface area contributed by atoms with E-state index < -0.39 is 0 Å². The van der Waals surface area contributed by atoms with Crippen LogP contribution >= 0.6 is 0 Å². The Morgan fingerprint density at radius 1 is 1.17 bits per heavy atom. The summed E-state index contributed by atoms with van der Waals surface area (Å²) in [5, 5.41) is 0. The van der Waals surface area contributed by atoms with Gasteiger partial charge in [0.05, 0.1) is 22.4 Å². The molecule has 0 spiro atoms. The molecule has 1 aromatic carbocycles. The third kappa shape index (κ3) is 4.93. The van der Waals surface area contributed by atoms with E-state index in [2.05, 4.69) is 70.8 Å². The minimum Gasteiger partial charge on any atom is -0.381 e. The second kappa shape index (κ2) is 9.94. The molecule has 4 heteroatoms. The number of benzene rings is 1. The minimum atomic E-state index is 0.656. The first-order chi connectivity index (χ1) is 14.7. The number of rotatable bonds is 9. The molecule has 0 bridgehead atoms. The largest absolute Gasteiger partial charge is 0.381 e. The summed E-state index contributed by atoms with van der Waals surface area (Å²) in [4.78, 5) is 10.6. The molecule has 1 fully saturated rings. The van der Waals surface area contributed by atoms with Gasteiger partial charge in [-0.05, 0) is 61.3 Å². The normalized spacial score (nSPS) is 15.0. The Balaban J connectivity index is 1.35. The second-order valence-corrected chi connectivity index (χ2v) is 8.29. The van der Waals surface area contributed by atoms with Crippen LogP contribution in [0.25, 0.3) is 16.7 Å². The fourth-order valence-electron chi connectivity index (χ4n) is 4.35. The highest BCUT2D eigenvalue weighted by molar-refractivity contribution is 5.81. The van der Waals surface area contributed by atoms with Crippen molar-refractivity contribution in [3.8, 4) is 0 Å². The summed E-state index contributed by atoms with van der Waals surface area (Å²) < 4.78 is 5.59. The lowest BCUT2D eigenvalue weighted by Gasteiger charge is -2.34. The highest BCUT2D eigenvalue weighted by atomic mass is 16.5. The van der Waals surface area contributed by atoms with E-state index in [1.54, 1.807) is 0 Å². The predicted octanol–water partition coefficient (Wildman–Crippen LogP) is 5.77. The first kappa shape index (κ1) is 20.7. The van der Waals surface area contributed by atoms with Gasteiger partial charge < -0.3 is 14.6 Å². The quantitative estimate of drug-likeness (QED) is 0.461. The van der Waals surface area contributed by atoms with Gasteiger partial charge >= 0.3 is 0 Å². The summed E-state index contributed by atoms with van der Waals surface area (Å²) in [7, 11) is 0. The number of hydrogen-bond donors (Lipinski definition) is 1. The maximum absolute atomic E-state index is 5.59. The van der Waals surface area contributed by atoms with E-state index in [1.165, 1.54) is 24.0 Å². The van der Waals surface area contributed by atoms with Gasteiger partial charge in [0, 0.05) is 32.5 Å². The number of piperidine rings is 1. The van der Waals surface area contributed by atoms with Gasteiger partial charge in [0.15, 0.2) is 0 Å². The van der Waals surface area contributed by atoms with Crippen LogP contribution in [0.5, 0.6) is 0 Å². The molecule has 2 aromatic heterocycles. The van der Waals surface area contributed by atoms with Gasteiger partial charge in [0.1, 0.15) is 0 Å². The smallest absolute Gasteiger partial charge is 0.0886 e. The number of fused-ring (bicyclic) bond motifs is 1. The van der Waals surface area contributed by atoms with E-state index >= 15 is 0 Å². The molecule has 4 rings (SSSR count). The van der Waals surface area contributed by atoms with Crippen LogP contribution in [0.15, 0.2) is 55.2 Å². The molecule has 0 atom stereocenters. The van der Waals surface area contributed by atoms with E-state index in [0.29, 0.717) is 5.92 Å². The summed E-state index contributed by atoms with van der Waals surface area (Å²) in [6.07, 6.45) is 7.44. The zero-order valence-electron chi connectivity index (χ0n) is 18.1. The van der Waals surface area contributed by atoms with Crippen molar-refractivity contribution in [1.82, 2.24) is 14.9 Å². The van der Waals surface area contributed by atoms with E-state index in [-0.39, 0.29) is 0 Å². The van der Waals surface area contributed by atoms with Crippen LogP contribution in [0.4, 0.5) is 0 Å². The Kier molecular flexibility index (Phi) is 6.85.